The number of hydrogen-bond acceptors (Lipinski definition) is 5. The largest absolute Gasteiger partial charge is 0.480 e. The lowest BCUT2D eigenvalue weighted by molar-refractivity contribution is -0.143. The Labute approximate surface area is 127 Å². The Morgan fingerprint density at radius 3 is 2.68 bits per heavy atom. The van der Waals surface area contributed by atoms with Crippen LogP contribution in [-0.4, -0.2) is 32.7 Å². The summed E-state index contributed by atoms with van der Waals surface area (Å²) in [5.41, 5.74) is 0.934. The topological polar surface area (TPSA) is 79.5 Å². The number of aryl methyl sites for hydroxylation is 2. The molecule has 1 heterocycles. The number of carboxylic acid groups (broad SMARTS) is 1. The molecule has 0 aliphatic carbocycles. The number of halogens is 1. The Kier molecular flexibility index (Phi) is 4.87. The highest BCUT2D eigenvalue weighted by molar-refractivity contribution is 5.75. The summed E-state index contributed by atoms with van der Waals surface area (Å²) in [7, 11) is 0. The summed E-state index contributed by atoms with van der Waals surface area (Å²) >= 11 is 0. The van der Waals surface area contributed by atoms with Gasteiger partial charge in [0.2, 0.25) is 5.89 Å². The van der Waals surface area contributed by atoms with E-state index in [1.807, 2.05) is 6.92 Å². The van der Waals surface area contributed by atoms with Gasteiger partial charge in [-0.05, 0) is 30.7 Å². The summed E-state index contributed by atoms with van der Waals surface area (Å²) in [5, 5.41) is 13.4. The fraction of sp³-hybridized carbons (Fsp3) is 0.400. The number of aliphatic carboxylic acids is 1. The van der Waals surface area contributed by atoms with E-state index in [1.54, 1.807) is 24.8 Å². The molecule has 0 radical (unpaired) electrons. The zero-order chi connectivity index (χ0) is 16.3. The molecule has 0 amide bonds. The van der Waals surface area contributed by atoms with Crippen LogP contribution in [0.25, 0.3) is 0 Å². The van der Waals surface area contributed by atoms with Crippen LogP contribution >= 0.6 is 0 Å². The van der Waals surface area contributed by atoms with Gasteiger partial charge in [0.05, 0.1) is 6.54 Å². The van der Waals surface area contributed by atoms with Crippen molar-refractivity contribution in [1.29, 1.82) is 0 Å². The number of aromatic nitrogens is 2. The van der Waals surface area contributed by atoms with E-state index in [4.69, 9.17) is 4.52 Å². The maximum Gasteiger partial charge on any atom is 0.325 e. The first-order valence-corrected chi connectivity index (χ1v) is 6.94. The second-order valence-electron chi connectivity index (χ2n) is 5.04. The predicted molar refractivity (Wildman–Crippen MR) is 76.6 cm³/mol. The molecule has 2 rings (SSSR count). The number of nitrogens with zero attached hydrogens (tertiary/aromatic N) is 3. The van der Waals surface area contributed by atoms with Crippen LogP contribution in [0, 0.1) is 19.7 Å². The highest BCUT2D eigenvalue weighted by Crippen LogP contribution is 2.24. The molecule has 118 valence electrons. The molecule has 0 aliphatic rings. The van der Waals surface area contributed by atoms with E-state index in [0.29, 0.717) is 29.4 Å². The van der Waals surface area contributed by atoms with E-state index < -0.39 is 12.0 Å². The summed E-state index contributed by atoms with van der Waals surface area (Å²) in [4.78, 5) is 17.5. The molecule has 6 nitrogen and oxygen atoms in total. The molecule has 1 atom stereocenters. The van der Waals surface area contributed by atoms with Crippen molar-refractivity contribution in [2.75, 3.05) is 6.54 Å². The van der Waals surface area contributed by atoms with Crippen LogP contribution in [0.1, 0.15) is 35.8 Å². The quantitative estimate of drug-likeness (QED) is 0.883. The Balaban J connectivity index is 2.31. The summed E-state index contributed by atoms with van der Waals surface area (Å²) < 4.78 is 18.3. The third-order valence-corrected chi connectivity index (χ3v) is 3.42. The number of hydrogen-bond donors (Lipinski definition) is 1. The van der Waals surface area contributed by atoms with Crippen LogP contribution in [-0.2, 0) is 11.3 Å². The van der Waals surface area contributed by atoms with Crippen LogP contribution in [0.2, 0.25) is 0 Å². The summed E-state index contributed by atoms with van der Waals surface area (Å²) in [6.45, 7) is 5.84. The molecule has 0 unspecified atom stereocenters. The van der Waals surface area contributed by atoms with Crippen molar-refractivity contribution in [3.63, 3.8) is 0 Å². The average Bonchev–Trinajstić information content (AvgIpc) is 2.87. The minimum atomic E-state index is -1.01. The number of likely N-dealkylation sites (N-methyl/N-ethyl adjacent to an activating group) is 1. The predicted octanol–water partition coefficient (Wildman–Crippen LogP) is 2.47. The molecule has 0 saturated carbocycles. The molecular formula is C15H18FN3O3. The third kappa shape index (κ3) is 3.48. The molecule has 0 aliphatic heterocycles. The van der Waals surface area contributed by atoms with Gasteiger partial charge in [0.25, 0.3) is 0 Å². The zero-order valence-corrected chi connectivity index (χ0v) is 12.7. The molecule has 0 spiro atoms. The second kappa shape index (κ2) is 6.65. The average molecular weight is 307 g/mol. The molecule has 22 heavy (non-hydrogen) atoms. The highest BCUT2D eigenvalue weighted by atomic mass is 19.1. The highest BCUT2D eigenvalue weighted by Gasteiger charge is 2.28. The van der Waals surface area contributed by atoms with Gasteiger partial charge < -0.3 is 9.63 Å². The van der Waals surface area contributed by atoms with Gasteiger partial charge in [-0.1, -0.05) is 24.2 Å². The van der Waals surface area contributed by atoms with Gasteiger partial charge >= 0.3 is 5.97 Å². The summed E-state index contributed by atoms with van der Waals surface area (Å²) in [6.07, 6.45) is 0. The number of rotatable bonds is 6. The minimum absolute atomic E-state index is 0.237. The Hall–Kier alpha value is -2.28. The van der Waals surface area contributed by atoms with Crippen molar-refractivity contribution < 1.29 is 18.8 Å². The Morgan fingerprint density at radius 1 is 1.45 bits per heavy atom. The Morgan fingerprint density at radius 2 is 2.18 bits per heavy atom. The number of carbonyl (C=O) groups is 1. The minimum Gasteiger partial charge on any atom is -0.480 e. The van der Waals surface area contributed by atoms with Crippen LogP contribution in [0.15, 0.2) is 22.7 Å². The van der Waals surface area contributed by atoms with E-state index in [0.717, 1.165) is 0 Å². The SMILES string of the molecule is CCN(Cc1noc(C)n1)[C@H](C(=O)O)c1ccc(F)c(C)c1. The first-order valence-electron chi connectivity index (χ1n) is 6.94. The lowest BCUT2D eigenvalue weighted by Gasteiger charge is -2.26. The van der Waals surface area contributed by atoms with Gasteiger partial charge in [-0.15, -0.1) is 0 Å². The standard InChI is InChI=1S/C15H18FN3O3/c1-4-19(8-13-17-10(3)22-18-13)14(15(20)21)11-5-6-12(16)9(2)7-11/h5-7,14H,4,8H2,1-3H3,(H,20,21)/t14-/m0/s1. The van der Waals surface area contributed by atoms with E-state index >= 15 is 0 Å². The van der Waals surface area contributed by atoms with Crippen molar-refractivity contribution in [2.24, 2.45) is 0 Å². The number of benzene rings is 1. The molecule has 1 aromatic heterocycles. The van der Waals surface area contributed by atoms with Crippen LogP contribution in [0.3, 0.4) is 0 Å². The van der Waals surface area contributed by atoms with Crippen LogP contribution in [0.4, 0.5) is 4.39 Å². The normalized spacial score (nSPS) is 12.6. The molecular weight excluding hydrogens is 289 g/mol. The van der Waals surface area contributed by atoms with Gasteiger partial charge in [0.15, 0.2) is 5.82 Å². The second-order valence-corrected chi connectivity index (χ2v) is 5.04. The van der Waals surface area contributed by atoms with Gasteiger partial charge in [-0.2, -0.15) is 4.98 Å². The molecule has 2 aromatic rings. The van der Waals surface area contributed by atoms with Crippen LogP contribution < -0.4 is 0 Å². The van der Waals surface area contributed by atoms with Crippen LogP contribution in [0.5, 0.6) is 0 Å². The lowest BCUT2D eigenvalue weighted by Crippen LogP contribution is -2.34. The van der Waals surface area contributed by atoms with E-state index in [1.165, 1.54) is 12.1 Å². The number of carboxylic acids is 1. The molecule has 1 N–H and O–H groups in total. The van der Waals surface area contributed by atoms with Crippen molar-refractivity contribution in [3.05, 3.63) is 46.9 Å². The molecule has 0 saturated heterocycles. The van der Waals surface area contributed by atoms with E-state index in [-0.39, 0.29) is 12.4 Å². The van der Waals surface area contributed by atoms with Crippen molar-refractivity contribution >= 4 is 5.97 Å². The summed E-state index contributed by atoms with van der Waals surface area (Å²) in [6, 6.07) is 3.43. The van der Waals surface area contributed by atoms with E-state index in [2.05, 4.69) is 10.1 Å². The van der Waals surface area contributed by atoms with Gasteiger partial charge in [-0.25, -0.2) is 4.39 Å². The fourth-order valence-electron chi connectivity index (χ4n) is 2.32. The molecule has 7 heteroatoms. The first-order chi connectivity index (χ1) is 10.4. The third-order valence-electron chi connectivity index (χ3n) is 3.42. The first kappa shape index (κ1) is 16.1. The monoisotopic (exact) mass is 307 g/mol. The van der Waals surface area contributed by atoms with Crippen molar-refractivity contribution in [3.8, 4) is 0 Å². The Bertz CT molecular complexity index is 672. The van der Waals surface area contributed by atoms with E-state index in [9.17, 15) is 14.3 Å². The zero-order valence-electron chi connectivity index (χ0n) is 12.7. The van der Waals surface area contributed by atoms with Crippen molar-refractivity contribution in [1.82, 2.24) is 15.0 Å². The molecule has 0 bridgehead atoms. The van der Waals surface area contributed by atoms with Gasteiger partial charge in [0, 0.05) is 6.92 Å². The maximum absolute atomic E-state index is 13.4. The molecule has 1 aromatic carbocycles. The maximum atomic E-state index is 13.4. The molecule has 0 fully saturated rings. The fourth-order valence-corrected chi connectivity index (χ4v) is 2.32. The smallest absolute Gasteiger partial charge is 0.325 e. The van der Waals surface area contributed by atoms with Crippen molar-refractivity contribution in [2.45, 2.75) is 33.4 Å². The van der Waals surface area contributed by atoms with Gasteiger partial charge in [-0.3, -0.25) is 9.69 Å². The summed E-state index contributed by atoms with van der Waals surface area (Å²) in [5.74, 6) is -0.516. The van der Waals surface area contributed by atoms with Gasteiger partial charge in [0.1, 0.15) is 11.9 Å². The lowest BCUT2D eigenvalue weighted by atomic mass is 10.0.